The van der Waals surface area contributed by atoms with Crippen molar-refractivity contribution in [2.24, 2.45) is 11.7 Å². The predicted molar refractivity (Wildman–Crippen MR) is 96.0 cm³/mol. The SMILES string of the molecule is Cl.N#Cc1ccc(C(=O)N2C[C@@H](CN)[C@H](c3ccccc3)C2)cc1. The first-order valence-corrected chi connectivity index (χ1v) is 7.77. The van der Waals surface area contributed by atoms with Gasteiger partial charge >= 0.3 is 0 Å². The lowest BCUT2D eigenvalue weighted by atomic mass is 9.89. The topological polar surface area (TPSA) is 70.1 Å². The standard InChI is InChI=1S/C19H19N3O.ClH/c20-10-14-6-8-16(9-7-14)19(23)22-12-17(11-21)18(13-22)15-4-2-1-3-5-15;/h1-9,17-18H,11-13,21H2;1H/t17-,18+;/m1./s1. The van der Waals surface area contributed by atoms with Crippen molar-refractivity contribution >= 4 is 18.3 Å². The summed E-state index contributed by atoms with van der Waals surface area (Å²) in [6, 6.07) is 19.1. The molecule has 0 radical (unpaired) electrons. The first kappa shape index (κ1) is 18.0. The molecule has 0 bridgehead atoms. The molecule has 124 valence electrons. The zero-order chi connectivity index (χ0) is 16.2. The fraction of sp³-hybridized carbons (Fsp3) is 0.263. The zero-order valence-electron chi connectivity index (χ0n) is 13.3. The number of benzene rings is 2. The molecule has 24 heavy (non-hydrogen) atoms. The van der Waals surface area contributed by atoms with Gasteiger partial charge in [-0.25, -0.2) is 0 Å². The number of carbonyl (C=O) groups excluding carboxylic acids is 1. The van der Waals surface area contributed by atoms with E-state index in [9.17, 15) is 4.79 Å². The van der Waals surface area contributed by atoms with Gasteiger partial charge in [-0.05, 0) is 42.3 Å². The first-order valence-electron chi connectivity index (χ1n) is 7.77. The molecule has 2 atom stereocenters. The molecule has 2 N–H and O–H groups in total. The highest BCUT2D eigenvalue weighted by Gasteiger charge is 2.35. The number of nitrogens with zero attached hydrogens (tertiary/aromatic N) is 2. The molecule has 3 rings (SSSR count). The Balaban J connectivity index is 0.00000208. The van der Waals surface area contributed by atoms with Gasteiger partial charge in [-0.1, -0.05) is 30.3 Å². The van der Waals surface area contributed by atoms with Crippen LogP contribution in [0.3, 0.4) is 0 Å². The summed E-state index contributed by atoms with van der Waals surface area (Å²) in [6.07, 6.45) is 0. The third-order valence-corrected chi connectivity index (χ3v) is 4.52. The maximum Gasteiger partial charge on any atom is 0.253 e. The number of hydrogen-bond donors (Lipinski definition) is 1. The van der Waals surface area contributed by atoms with E-state index in [0.29, 0.717) is 30.8 Å². The van der Waals surface area contributed by atoms with Gasteiger partial charge in [0.1, 0.15) is 0 Å². The minimum absolute atomic E-state index is 0. The van der Waals surface area contributed by atoms with Gasteiger partial charge in [-0.15, -0.1) is 12.4 Å². The number of likely N-dealkylation sites (tertiary alicyclic amines) is 1. The van der Waals surface area contributed by atoms with Crippen molar-refractivity contribution in [1.29, 1.82) is 5.26 Å². The quantitative estimate of drug-likeness (QED) is 0.933. The van der Waals surface area contributed by atoms with E-state index in [1.807, 2.05) is 23.1 Å². The number of hydrogen-bond acceptors (Lipinski definition) is 3. The summed E-state index contributed by atoms with van der Waals surface area (Å²) in [5.74, 6) is 0.564. The van der Waals surface area contributed by atoms with E-state index in [1.54, 1.807) is 24.3 Å². The minimum Gasteiger partial charge on any atom is -0.338 e. The smallest absolute Gasteiger partial charge is 0.253 e. The average molecular weight is 342 g/mol. The van der Waals surface area contributed by atoms with Crippen LogP contribution < -0.4 is 5.73 Å². The molecule has 5 heteroatoms. The Hall–Kier alpha value is -2.35. The lowest BCUT2D eigenvalue weighted by Gasteiger charge is -2.17. The molecule has 0 saturated carbocycles. The highest BCUT2D eigenvalue weighted by Crippen LogP contribution is 2.32. The third kappa shape index (κ3) is 3.59. The van der Waals surface area contributed by atoms with Crippen LogP contribution in [-0.4, -0.2) is 30.4 Å². The Morgan fingerprint density at radius 3 is 2.38 bits per heavy atom. The van der Waals surface area contributed by atoms with Crippen molar-refractivity contribution in [1.82, 2.24) is 4.90 Å². The van der Waals surface area contributed by atoms with Crippen molar-refractivity contribution in [3.63, 3.8) is 0 Å². The molecule has 0 aliphatic carbocycles. The van der Waals surface area contributed by atoms with E-state index in [2.05, 4.69) is 18.2 Å². The summed E-state index contributed by atoms with van der Waals surface area (Å²) >= 11 is 0. The number of nitriles is 1. The van der Waals surface area contributed by atoms with Gasteiger partial charge in [0, 0.05) is 24.6 Å². The summed E-state index contributed by atoms with van der Waals surface area (Å²) in [5, 5.41) is 8.85. The van der Waals surface area contributed by atoms with E-state index in [1.165, 1.54) is 5.56 Å². The van der Waals surface area contributed by atoms with Crippen LogP contribution in [0, 0.1) is 17.2 Å². The molecule has 2 aromatic carbocycles. The average Bonchev–Trinajstić information content (AvgIpc) is 3.06. The summed E-state index contributed by atoms with van der Waals surface area (Å²) < 4.78 is 0. The molecule has 1 aliphatic rings. The molecule has 2 aromatic rings. The molecule has 0 aromatic heterocycles. The van der Waals surface area contributed by atoms with Gasteiger partial charge in [-0.3, -0.25) is 4.79 Å². The number of carbonyl (C=O) groups is 1. The molecule has 1 fully saturated rings. The maximum absolute atomic E-state index is 12.7. The van der Waals surface area contributed by atoms with Crippen LogP contribution in [0.25, 0.3) is 0 Å². The van der Waals surface area contributed by atoms with Gasteiger partial charge in [-0.2, -0.15) is 5.26 Å². The van der Waals surface area contributed by atoms with Crippen LogP contribution in [0.2, 0.25) is 0 Å². The molecule has 1 saturated heterocycles. The van der Waals surface area contributed by atoms with E-state index in [-0.39, 0.29) is 30.2 Å². The fourth-order valence-electron chi connectivity index (χ4n) is 3.22. The molecule has 0 spiro atoms. The highest BCUT2D eigenvalue weighted by atomic mass is 35.5. The number of halogens is 1. The maximum atomic E-state index is 12.7. The molecule has 1 amide bonds. The third-order valence-electron chi connectivity index (χ3n) is 4.52. The largest absolute Gasteiger partial charge is 0.338 e. The monoisotopic (exact) mass is 341 g/mol. The lowest BCUT2D eigenvalue weighted by Crippen LogP contribution is -2.29. The summed E-state index contributed by atoms with van der Waals surface area (Å²) in [6.45, 7) is 1.93. The first-order chi connectivity index (χ1) is 11.2. The van der Waals surface area contributed by atoms with E-state index >= 15 is 0 Å². The summed E-state index contributed by atoms with van der Waals surface area (Å²) in [5.41, 5.74) is 8.34. The Labute approximate surface area is 148 Å². The molecular weight excluding hydrogens is 322 g/mol. The second-order valence-electron chi connectivity index (χ2n) is 5.91. The van der Waals surface area contributed by atoms with Crippen molar-refractivity contribution in [2.45, 2.75) is 5.92 Å². The molecule has 0 unspecified atom stereocenters. The predicted octanol–water partition coefficient (Wildman–Crippen LogP) is 2.79. The molecule has 1 aliphatic heterocycles. The van der Waals surface area contributed by atoms with Crippen molar-refractivity contribution < 1.29 is 4.79 Å². The minimum atomic E-state index is 0. The van der Waals surface area contributed by atoms with Gasteiger partial charge in [0.05, 0.1) is 11.6 Å². The van der Waals surface area contributed by atoms with Crippen LogP contribution in [0.4, 0.5) is 0 Å². The second-order valence-corrected chi connectivity index (χ2v) is 5.91. The summed E-state index contributed by atoms with van der Waals surface area (Å²) in [7, 11) is 0. The van der Waals surface area contributed by atoms with Gasteiger partial charge in [0.15, 0.2) is 0 Å². The number of rotatable bonds is 3. The van der Waals surface area contributed by atoms with E-state index in [4.69, 9.17) is 11.0 Å². The van der Waals surface area contributed by atoms with Crippen molar-refractivity contribution in [2.75, 3.05) is 19.6 Å². The number of nitrogens with two attached hydrogens (primary N) is 1. The highest BCUT2D eigenvalue weighted by molar-refractivity contribution is 5.94. The van der Waals surface area contributed by atoms with Crippen LogP contribution in [0.5, 0.6) is 0 Å². The number of amides is 1. The van der Waals surface area contributed by atoms with Gasteiger partial charge in [0.25, 0.3) is 5.91 Å². The van der Waals surface area contributed by atoms with Crippen LogP contribution in [-0.2, 0) is 0 Å². The lowest BCUT2D eigenvalue weighted by molar-refractivity contribution is 0.0786. The van der Waals surface area contributed by atoms with Gasteiger partial charge in [0.2, 0.25) is 0 Å². The van der Waals surface area contributed by atoms with Gasteiger partial charge < -0.3 is 10.6 Å². The van der Waals surface area contributed by atoms with E-state index < -0.39 is 0 Å². The Kier molecular flexibility index (Phi) is 5.97. The zero-order valence-corrected chi connectivity index (χ0v) is 14.1. The normalized spacial score (nSPS) is 19.4. The van der Waals surface area contributed by atoms with Crippen LogP contribution >= 0.6 is 12.4 Å². The molecular formula is C19H20ClN3O. The Morgan fingerprint density at radius 2 is 1.79 bits per heavy atom. The van der Waals surface area contributed by atoms with Crippen molar-refractivity contribution in [3.8, 4) is 6.07 Å². The second kappa shape index (κ2) is 7.96. The van der Waals surface area contributed by atoms with Crippen LogP contribution in [0.1, 0.15) is 27.4 Å². The molecule has 1 heterocycles. The van der Waals surface area contributed by atoms with Crippen molar-refractivity contribution in [3.05, 3.63) is 71.3 Å². The Bertz CT molecular complexity index is 725. The van der Waals surface area contributed by atoms with Crippen LogP contribution in [0.15, 0.2) is 54.6 Å². The molecule has 4 nitrogen and oxygen atoms in total. The van der Waals surface area contributed by atoms with E-state index in [0.717, 1.165) is 0 Å². The summed E-state index contributed by atoms with van der Waals surface area (Å²) in [4.78, 5) is 14.6. The Morgan fingerprint density at radius 1 is 1.12 bits per heavy atom. The fourth-order valence-corrected chi connectivity index (χ4v) is 3.22.